The molecule has 0 radical (unpaired) electrons. The van der Waals surface area contributed by atoms with Crippen LogP contribution >= 0.6 is 24.0 Å². The minimum absolute atomic E-state index is 0.0807. The van der Waals surface area contributed by atoms with E-state index in [1.807, 2.05) is 30.3 Å². The van der Waals surface area contributed by atoms with Crippen LogP contribution in [-0.2, 0) is 4.79 Å². The van der Waals surface area contributed by atoms with Crippen LogP contribution in [0.3, 0.4) is 0 Å². The number of benzene rings is 2. The summed E-state index contributed by atoms with van der Waals surface area (Å²) in [4.78, 5) is 33.5. The lowest BCUT2D eigenvalue weighted by atomic mass is 10.2. The van der Waals surface area contributed by atoms with E-state index in [9.17, 15) is 25.0 Å². The van der Waals surface area contributed by atoms with Crippen LogP contribution in [-0.4, -0.2) is 25.1 Å². The Bertz CT molecular complexity index is 994. The lowest BCUT2D eigenvalue weighted by Gasteiger charge is -2.16. The zero-order valence-electron chi connectivity index (χ0n) is 13.4. The number of nitrogens with one attached hydrogen (secondary N) is 1. The fourth-order valence-electron chi connectivity index (χ4n) is 2.26. The molecule has 0 bridgehead atoms. The Morgan fingerprint density at radius 3 is 2.41 bits per heavy atom. The van der Waals surface area contributed by atoms with Gasteiger partial charge in [-0.2, -0.15) is 0 Å². The summed E-state index contributed by atoms with van der Waals surface area (Å²) >= 11 is 6.22. The molecule has 1 N–H and O–H groups in total. The highest BCUT2D eigenvalue weighted by Gasteiger charge is 2.34. The zero-order valence-corrected chi connectivity index (χ0v) is 15.0. The van der Waals surface area contributed by atoms with Crippen LogP contribution in [0.1, 0.15) is 5.56 Å². The molecule has 0 aromatic heterocycles. The Hall–Kier alpha value is -3.31. The highest BCUT2D eigenvalue weighted by Crippen LogP contribution is 2.35. The molecule has 0 unspecified atom stereocenters. The fraction of sp³-hybridized carbons (Fsp3) is 0. The Morgan fingerprint density at radius 2 is 1.78 bits per heavy atom. The number of hydrogen-bond acceptors (Lipinski definition) is 8. The molecular formula is C16H10N4O5S2. The van der Waals surface area contributed by atoms with Crippen molar-refractivity contribution in [2.75, 3.05) is 5.43 Å². The number of rotatable bonds is 5. The number of nitro benzene ring substituents is 2. The summed E-state index contributed by atoms with van der Waals surface area (Å²) < 4.78 is 0.162. The predicted molar refractivity (Wildman–Crippen MR) is 105 cm³/mol. The maximum atomic E-state index is 12.6. The third-order valence-corrected chi connectivity index (χ3v) is 4.81. The number of carbonyl (C=O) groups is 1. The third kappa shape index (κ3) is 3.93. The maximum absolute atomic E-state index is 12.6. The van der Waals surface area contributed by atoms with E-state index in [1.54, 1.807) is 6.08 Å². The summed E-state index contributed by atoms with van der Waals surface area (Å²) in [6.45, 7) is 0. The van der Waals surface area contributed by atoms with Gasteiger partial charge in [0.25, 0.3) is 11.6 Å². The van der Waals surface area contributed by atoms with Crippen LogP contribution in [0.25, 0.3) is 6.08 Å². The molecule has 1 fully saturated rings. The predicted octanol–water partition coefficient (Wildman–Crippen LogP) is 3.73. The molecule has 0 spiro atoms. The van der Waals surface area contributed by atoms with Crippen molar-refractivity contribution in [2.24, 2.45) is 0 Å². The van der Waals surface area contributed by atoms with E-state index in [-0.39, 0.29) is 10.0 Å². The number of nitro groups is 2. The Balaban J connectivity index is 1.89. The molecule has 1 heterocycles. The number of hydrogen-bond donors (Lipinski definition) is 1. The molecule has 9 nitrogen and oxygen atoms in total. The van der Waals surface area contributed by atoms with Gasteiger partial charge in [-0.25, -0.2) is 5.01 Å². The molecule has 11 heteroatoms. The minimum atomic E-state index is -0.771. The zero-order chi connectivity index (χ0) is 19.6. The van der Waals surface area contributed by atoms with Gasteiger partial charge < -0.3 is 0 Å². The van der Waals surface area contributed by atoms with Gasteiger partial charge in [0.05, 0.1) is 20.8 Å². The van der Waals surface area contributed by atoms with Gasteiger partial charge in [0, 0.05) is 6.07 Å². The smallest absolute Gasteiger partial charge is 0.283 e. The van der Waals surface area contributed by atoms with Crippen molar-refractivity contribution in [1.29, 1.82) is 0 Å². The molecule has 1 amide bonds. The summed E-state index contributed by atoms with van der Waals surface area (Å²) in [5.74, 6) is -0.471. The van der Waals surface area contributed by atoms with E-state index in [0.717, 1.165) is 40.5 Å². The molecule has 3 rings (SSSR count). The number of amides is 1. The van der Waals surface area contributed by atoms with E-state index >= 15 is 0 Å². The molecule has 1 aliphatic rings. The van der Waals surface area contributed by atoms with Gasteiger partial charge in [0.2, 0.25) is 0 Å². The van der Waals surface area contributed by atoms with Crippen LogP contribution in [0.4, 0.5) is 17.1 Å². The number of carbonyl (C=O) groups excluding carboxylic acids is 1. The SMILES string of the molecule is O=C1/C(=C\c2ccccc2)SC(=S)N1Nc1ccc([N+](=O)[O-])cc1[N+](=O)[O-]. The monoisotopic (exact) mass is 402 g/mol. The first-order valence-electron chi connectivity index (χ1n) is 7.39. The van der Waals surface area contributed by atoms with E-state index < -0.39 is 27.1 Å². The first kappa shape index (κ1) is 18.5. The lowest BCUT2D eigenvalue weighted by molar-refractivity contribution is -0.393. The average Bonchev–Trinajstić information content (AvgIpc) is 2.90. The number of thioether (sulfide) groups is 1. The minimum Gasteiger partial charge on any atom is -0.283 e. The molecule has 0 saturated carbocycles. The van der Waals surface area contributed by atoms with E-state index in [1.165, 1.54) is 0 Å². The largest absolute Gasteiger partial charge is 0.300 e. The quantitative estimate of drug-likeness (QED) is 0.348. The van der Waals surface area contributed by atoms with Crippen LogP contribution in [0.5, 0.6) is 0 Å². The Kier molecular flexibility index (Phi) is 5.14. The molecule has 2 aromatic carbocycles. The van der Waals surface area contributed by atoms with Crippen LogP contribution in [0.2, 0.25) is 0 Å². The summed E-state index contributed by atoms with van der Waals surface area (Å²) in [6, 6.07) is 12.2. The average molecular weight is 402 g/mol. The summed E-state index contributed by atoms with van der Waals surface area (Å²) in [7, 11) is 0. The number of anilines is 1. The fourth-order valence-corrected chi connectivity index (χ4v) is 3.44. The van der Waals surface area contributed by atoms with Gasteiger partial charge in [-0.3, -0.25) is 30.4 Å². The van der Waals surface area contributed by atoms with Gasteiger partial charge in [0.1, 0.15) is 5.69 Å². The number of hydrazine groups is 1. The van der Waals surface area contributed by atoms with Crippen molar-refractivity contribution >= 4 is 57.3 Å². The van der Waals surface area contributed by atoms with Crippen molar-refractivity contribution in [3.63, 3.8) is 0 Å². The Morgan fingerprint density at radius 1 is 1.07 bits per heavy atom. The van der Waals surface area contributed by atoms with Gasteiger partial charge in [-0.15, -0.1) is 0 Å². The molecule has 0 atom stereocenters. The third-order valence-electron chi connectivity index (χ3n) is 3.51. The normalized spacial score (nSPS) is 15.3. The summed E-state index contributed by atoms with van der Waals surface area (Å²) in [6.07, 6.45) is 1.66. The van der Waals surface area contributed by atoms with Crippen molar-refractivity contribution in [2.45, 2.75) is 0 Å². The highest BCUT2D eigenvalue weighted by atomic mass is 32.2. The first-order valence-corrected chi connectivity index (χ1v) is 8.62. The first-order chi connectivity index (χ1) is 12.9. The van der Waals surface area contributed by atoms with Gasteiger partial charge in [0.15, 0.2) is 4.32 Å². The molecule has 1 aliphatic heterocycles. The van der Waals surface area contributed by atoms with Gasteiger partial charge >= 0.3 is 5.69 Å². The lowest BCUT2D eigenvalue weighted by Crippen LogP contribution is -2.34. The van der Waals surface area contributed by atoms with E-state index in [2.05, 4.69) is 5.43 Å². The van der Waals surface area contributed by atoms with Crippen LogP contribution in [0, 0.1) is 20.2 Å². The summed E-state index contributed by atoms with van der Waals surface area (Å²) in [5, 5.41) is 23.1. The van der Waals surface area contributed by atoms with Crippen LogP contribution < -0.4 is 5.43 Å². The molecule has 27 heavy (non-hydrogen) atoms. The van der Waals surface area contributed by atoms with E-state index in [4.69, 9.17) is 12.2 Å². The van der Waals surface area contributed by atoms with E-state index in [0.29, 0.717) is 4.91 Å². The molecule has 136 valence electrons. The standard InChI is InChI=1S/C16H10N4O5S2/c21-15-14(8-10-4-2-1-3-5-10)27-16(26)18(15)17-12-7-6-11(19(22)23)9-13(12)20(24)25/h1-9,17H/b14-8+. The second kappa shape index (κ2) is 7.51. The maximum Gasteiger partial charge on any atom is 0.300 e. The second-order valence-electron chi connectivity index (χ2n) is 5.26. The van der Waals surface area contributed by atoms with Crippen LogP contribution in [0.15, 0.2) is 53.4 Å². The molecular weight excluding hydrogens is 392 g/mol. The number of nitrogens with zero attached hydrogens (tertiary/aromatic N) is 3. The molecule has 0 aliphatic carbocycles. The van der Waals surface area contributed by atoms with Gasteiger partial charge in [-0.05, 0) is 29.9 Å². The van der Waals surface area contributed by atoms with Gasteiger partial charge in [-0.1, -0.05) is 42.1 Å². The number of non-ortho nitro benzene ring substituents is 1. The second-order valence-corrected chi connectivity index (χ2v) is 6.93. The van der Waals surface area contributed by atoms with Crippen molar-refractivity contribution in [3.05, 3.63) is 79.2 Å². The highest BCUT2D eigenvalue weighted by molar-refractivity contribution is 8.26. The van der Waals surface area contributed by atoms with Crippen molar-refractivity contribution in [3.8, 4) is 0 Å². The molecule has 2 aromatic rings. The topological polar surface area (TPSA) is 119 Å². The molecule has 1 saturated heterocycles. The number of thiocarbonyl (C=S) groups is 1. The van der Waals surface area contributed by atoms with Crippen molar-refractivity contribution < 1.29 is 14.6 Å². The van der Waals surface area contributed by atoms with Crippen molar-refractivity contribution in [1.82, 2.24) is 5.01 Å². The Labute approximate surface area is 161 Å². The summed E-state index contributed by atoms with van der Waals surface area (Å²) in [5.41, 5.74) is 2.35.